The molecule has 0 spiro atoms. The van der Waals surface area contributed by atoms with Gasteiger partial charge in [0.1, 0.15) is 0 Å². The Bertz CT molecular complexity index is 599. The minimum absolute atomic E-state index is 0. The molecule has 1 amide bonds. The zero-order chi connectivity index (χ0) is 18.8. The van der Waals surface area contributed by atoms with Crippen LogP contribution in [-0.4, -0.2) is 38.7 Å². The molecular weight excluding hydrogens is 455 g/mol. The number of nitrogens with zero attached hydrogens (tertiary/aromatic N) is 1. The predicted octanol–water partition coefficient (Wildman–Crippen LogP) is 3.06. The molecule has 0 aliphatic heterocycles. The standard InChI is InChI=1S/C20H32N4O2.HI/c1-3-26-13-12-20(10-4-5-11-20)15-24-19(22-2)23-14-16-6-8-17(9-7-16)18(21)25;/h6-9H,3-5,10-15H2,1-2H3,(H2,21,25)(H2,22,23,24);1H. The summed E-state index contributed by atoms with van der Waals surface area (Å²) < 4.78 is 5.58. The Morgan fingerprint density at radius 2 is 1.89 bits per heavy atom. The van der Waals surface area contributed by atoms with Crippen molar-refractivity contribution in [2.75, 3.05) is 26.8 Å². The Morgan fingerprint density at radius 3 is 2.44 bits per heavy atom. The Balaban J connectivity index is 0.00000364. The minimum Gasteiger partial charge on any atom is -0.382 e. The van der Waals surface area contributed by atoms with Crippen molar-refractivity contribution in [2.45, 2.75) is 45.6 Å². The van der Waals surface area contributed by atoms with Gasteiger partial charge in [-0.1, -0.05) is 25.0 Å². The van der Waals surface area contributed by atoms with Gasteiger partial charge in [0.2, 0.25) is 5.91 Å². The second kappa shape index (κ2) is 12.2. The van der Waals surface area contributed by atoms with Crippen LogP contribution in [0.1, 0.15) is 54.9 Å². The van der Waals surface area contributed by atoms with Crippen molar-refractivity contribution in [3.63, 3.8) is 0 Å². The molecule has 0 bridgehead atoms. The highest BCUT2D eigenvalue weighted by Crippen LogP contribution is 2.40. The van der Waals surface area contributed by atoms with E-state index < -0.39 is 5.91 Å². The Labute approximate surface area is 179 Å². The fourth-order valence-electron chi connectivity index (χ4n) is 3.54. The van der Waals surface area contributed by atoms with Gasteiger partial charge in [-0.2, -0.15) is 0 Å². The molecule has 0 radical (unpaired) electrons. The average Bonchev–Trinajstić information content (AvgIpc) is 3.11. The highest BCUT2D eigenvalue weighted by molar-refractivity contribution is 14.0. The molecule has 6 nitrogen and oxygen atoms in total. The summed E-state index contributed by atoms with van der Waals surface area (Å²) in [4.78, 5) is 15.5. The van der Waals surface area contributed by atoms with Gasteiger partial charge in [0.25, 0.3) is 0 Å². The lowest BCUT2D eigenvalue weighted by Crippen LogP contribution is -2.43. The number of hydrogen-bond acceptors (Lipinski definition) is 3. The van der Waals surface area contributed by atoms with Gasteiger partial charge in [0.15, 0.2) is 5.96 Å². The number of guanidine groups is 1. The molecule has 0 heterocycles. The van der Waals surface area contributed by atoms with Crippen molar-refractivity contribution in [2.24, 2.45) is 16.1 Å². The van der Waals surface area contributed by atoms with Crippen molar-refractivity contribution >= 4 is 35.8 Å². The second-order valence-corrected chi connectivity index (χ2v) is 6.99. The molecule has 4 N–H and O–H groups in total. The molecule has 7 heteroatoms. The largest absolute Gasteiger partial charge is 0.382 e. The average molecular weight is 488 g/mol. The summed E-state index contributed by atoms with van der Waals surface area (Å²) in [7, 11) is 1.78. The lowest BCUT2D eigenvalue weighted by atomic mass is 9.83. The maximum absolute atomic E-state index is 11.1. The van der Waals surface area contributed by atoms with E-state index in [2.05, 4.69) is 15.6 Å². The van der Waals surface area contributed by atoms with E-state index in [1.807, 2.05) is 19.1 Å². The number of nitrogens with one attached hydrogen (secondary N) is 2. The number of benzene rings is 1. The minimum atomic E-state index is -0.407. The first-order valence-corrected chi connectivity index (χ1v) is 9.49. The Hall–Kier alpha value is -1.35. The molecular formula is C20H33IN4O2. The third-order valence-corrected chi connectivity index (χ3v) is 5.20. The van der Waals surface area contributed by atoms with Crippen molar-refractivity contribution in [1.82, 2.24) is 10.6 Å². The first-order valence-electron chi connectivity index (χ1n) is 9.49. The number of hydrogen-bond donors (Lipinski definition) is 3. The summed E-state index contributed by atoms with van der Waals surface area (Å²) in [5, 5.41) is 6.82. The smallest absolute Gasteiger partial charge is 0.248 e. The first-order chi connectivity index (χ1) is 12.6. The second-order valence-electron chi connectivity index (χ2n) is 6.99. The topological polar surface area (TPSA) is 88.7 Å². The summed E-state index contributed by atoms with van der Waals surface area (Å²) in [6.07, 6.45) is 6.19. The van der Waals surface area contributed by atoms with E-state index in [4.69, 9.17) is 10.5 Å². The summed E-state index contributed by atoms with van der Waals surface area (Å²) in [5.74, 6) is 0.391. The summed E-state index contributed by atoms with van der Waals surface area (Å²) in [6.45, 7) is 5.21. The van der Waals surface area contributed by atoms with Crippen LogP contribution in [-0.2, 0) is 11.3 Å². The third-order valence-electron chi connectivity index (χ3n) is 5.20. The molecule has 0 saturated heterocycles. The maximum Gasteiger partial charge on any atom is 0.248 e. The summed E-state index contributed by atoms with van der Waals surface area (Å²) in [6, 6.07) is 7.30. The van der Waals surface area contributed by atoms with E-state index in [1.54, 1.807) is 19.2 Å². The lowest BCUT2D eigenvalue weighted by Gasteiger charge is -2.30. The first kappa shape index (κ1) is 23.7. The van der Waals surface area contributed by atoms with Crippen molar-refractivity contribution < 1.29 is 9.53 Å². The Kier molecular flexibility index (Phi) is 10.7. The number of nitrogens with two attached hydrogens (primary N) is 1. The lowest BCUT2D eigenvalue weighted by molar-refractivity contribution is 0.1000. The molecule has 1 aromatic carbocycles. The summed E-state index contributed by atoms with van der Waals surface area (Å²) in [5.41, 5.74) is 7.18. The fourth-order valence-corrected chi connectivity index (χ4v) is 3.54. The number of primary amides is 1. The van der Waals surface area contributed by atoms with Crippen LogP contribution in [0, 0.1) is 5.41 Å². The number of carbonyl (C=O) groups excluding carboxylic acids is 1. The quantitative estimate of drug-likeness (QED) is 0.216. The van der Waals surface area contributed by atoms with Crippen LogP contribution in [0.15, 0.2) is 29.3 Å². The fraction of sp³-hybridized carbons (Fsp3) is 0.600. The van der Waals surface area contributed by atoms with Crippen molar-refractivity contribution in [1.29, 1.82) is 0 Å². The molecule has 1 fully saturated rings. The molecule has 152 valence electrons. The molecule has 0 unspecified atom stereocenters. The maximum atomic E-state index is 11.1. The van der Waals surface area contributed by atoms with Crippen LogP contribution < -0.4 is 16.4 Å². The number of ether oxygens (including phenoxy) is 1. The zero-order valence-electron chi connectivity index (χ0n) is 16.4. The SMILES string of the molecule is CCOCCC1(CNC(=NC)NCc2ccc(C(N)=O)cc2)CCCC1.I. The molecule has 1 aliphatic rings. The number of carbonyl (C=O) groups is 1. The van der Waals surface area contributed by atoms with Gasteiger partial charge in [0, 0.05) is 38.9 Å². The van der Waals surface area contributed by atoms with Gasteiger partial charge in [-0.25, -0.2) is 0 Å². The van der Waals surface area contributed by atoms with Gasteiger partial charge in [0.05, 0.1) is 0 Å². The van der Waals surface area contributed by atoms with E-state index >= 15 is 0 Å². The monoisotopic (exact) mass is 488 g/mol. The van der Waals surface area contributed by atoms with Gasteiger partial charge < -0.3 is 21.1 Å². The van der Waals surface area contributed by atoms with E-state index in [0.29, 0.717) is 17.5 Å². The molecule has 1 saturated carbocycles. The Morgan fingerprint density at radius 1 is 1.22 bits per heavy atom. The summed E-state index contributed by atoms with van der Waals surface area (Å²) >= 11 is 0. The predicted molar refractivity (Wildman–Crippen MR) is 121 cm³/mol. The van der Waals surface area contributed by atoms with Gasteiger partial charge >= 0.3 is 0 Å². The van der Waals surface area contributed by atoms with Crippen LogP contribution in [0.25, 0.3) is 0 Å². The number of rotatable bonds is 9. The van der Waals surface area contributed by atoms with Crippen LogP contribution in [0.4, 0.5) is 0 Å². The highest BCUT2D eigenvalue weighted by Gasteiger charge is 2.33. The van der Waals surface area contributed by atoms with Crippen LogP contribution >= 0.6 is 24.0 Å². The number of aliphatic imine (C=N–C) groups is 1. The van der Waals surface area contributed by atoms with E-state index in [1.165, 1.54) is 25.7 Å². The molecule has 0 aromatic heterocycles. The molecule has 1 aromatic rings. The van der Waals surface area contributed by atoms with Crippen LogP contribution in [0.3, 0.4) is 0 Å². The van der Waals surface area contributed by atoms with Crippen molar-refractivity contribution in [3.05, 3.63) is 35.4 Å². The number of amides is 1. The highest BCUT2D eigenvalue weighted by atomic mass is 127. The van der Waals surface area contributed by atoms with Gasteiger partial charge in [-0.05, 0) is 49.3 Å². The van der Waals surface area contributed by atoms with Crippen molar-refractivity contribution in [3.8, 4) is 0 Å². The molecule has 2 rings (SSSR count). The van der Waals surface area contributed by atoms with E-state index in [-0.39, 0.29) is 24.0 Å². The molecule has 27 heavy (non-hydrogen) atoms. The van der Waals surface area contributed by atoms with E-state index in [9.17, 15) is 4.79 Å². The number of halogens is 1. The normalized spacial score (nSPS) is 15.9. The van der Waals surface area contributed by atoms with Crippen LogP contribution in [0.2, 0.25) is 0 Å². The third kappa shape index (κ3) is 7.65. The van der Waals surface area contributed by atoms with Gasteiger partial charge in [-0.15, -0.1) is 24.0 Å². The van der Waals surface area contributed by atoms with Gasteiger partial charge in [-0.3, -0.25) is 9.79 Å². The zero-order valence-corrected chi connectivity index (χ0v) is 18.8. The van der Waals surface area contributed by atoms with Crippen LogP contribution in [0.5, 0.6) is 0 Å². The molecule has 0 atom stereocenters. The van der Waals surface area contributed by atoms with E-state index in [0.717, 1.165) is 37.7 Å². The molecule has 1 aliphatic carbocycles.